The van der Waals surface area contributed by atoms with Crippen molar-refractivity contribution in [1.29, 1.82) is 0 Å². The monoisotopic (exact) mass is 448 g/mol. The maximum absolute atomic E-state index is 11.8. The summed E-state index contributed by atoms with van der Waals surface area (Å²) in [5, 5.41) is 14.7. The number of amides is 2. The highest BCUT2D eigenvalue weighted by atomic mass is 16.5. The van der Waals surface area contributed by atoms with Crippen LogP contribution in [0.5, 0.6) is 17.2 Å². The number of hydrogen-bond donors (Lipinski definition) is 4. The number of aliphatic hydroxyl groups is 1. The number of methoxy groups -OCH3 is 1. The number of benzene rings is 2. The number of nitrogens with one attached hydrogen (secondary N) is 1. The molecule has 1 atom stereocenters. The SMILES string of the molecule is COc1cc2nccc(Oc3ccc(C4CC4(C(N)=O)C(N)=O)cc3)c2cc1C1(O)CNC1. The minimum Gasteiger partial charge on any atom is -0.496 e. The van der Waals surface area contributed by atoms with Crippen molar-refractivity contribution in [3.63, 3.8) is 0 Å². The molecule has 1 aromatic heterocycles. The van der Waals surface area contributed by atoms with Gasteiger partial charge < -0.3 is 31.4 Å². The standard InChI is InChI=1S/C24H24N4O5/c1-32-20-9-18-15(8-16(20)23(31)11-27-12-23)19(6-7-28-18)33-14-4-2-13(3-5-14)17-10-24(17,21(25)29)22(26)30/h2-9,17,27,31H,10-12H2,1H3,(H2,25,29)(H2,26,30). The number of carbonyl (C=O) groups excluding carboxylic acids is 2. The van der Waals surface area contributed by atoms with Gasteiger partial charge in [0.1, 0.15) is 28.3 Å². The Hall–Kier alpha value is -3.69. The number of nitrogens with two attached hydrogens (primary N) is 2. The average Bonchev–Trinajstić information content (AvgIpc) is 3.55. The number of fused-ring (bicyclic) bond motifs is 1. The van der Waals surface area contributed by atoms with Crippen LogP contribution in [0.15, 0.2) is 48.7 Å². The van der Waals surface area contributed by atoms with Gasteiger partial charge in [-0.25, -0.2) is 0 Å². The Morgan fingerprint density at radius 3 is 2.33 bits per heavy atom. The summed E-state index contributed by atoms with van der Waals surface area (Å²) < 4.78 is 11.6. The molecule has 3 aromatic rings. The van der Waals surface area contributed by atoms with Crippen molar-refractivity contribution in [2.24, 2.45) is 16.9 Å². The van der Waals surface area contributed by atoms with Gasteiger partial charge in [0.15, 0.2) is 0 Å². The fourth-order valence-electron chi connectivity index (χ4n) is 4.55. The first-order valence-corrected chi connectivity index (χ1v) is 10.6. The van der Waals surface area contributed by atoms with Gasteiger partial charge in [0.05, 0.1) is 12.6 Å². The van der Waals surface area contributed by atoms with Crippen molar-refractivity contribution < 1.29 is 24.2 Å². The van der Waals surface area contributed by atoms with E-state index in [0.29, 0.717) is 47.8 Å². The molecule has 170 valence electrons. The summed E-state index contributed by atoms with van der Waals surface area (Å²) in [5.74, 6) is -0.0108. The molecule has 1 saturated heterocycles. The molecule has 9 nitrogen and oxygen atoms in total. The number of hydrogen-bond acceptors (Lipinski definition) is 7. The lowest BCUT2D eigenvalue weighted by Gasteiger charge is -2.38. The molecule has 2 fully saturated rings. The predicted molar refractivity (Wildman–Crippen MR) is 120 cm³/mol. The first-order chi connectivity index (χ1) is 15.8. The normalized spacial score (nSPS) is 20.0. The van der Waals surface area contributed by atoms with E-state index >= 15 is 0 Å². The zero-order valence-corrected chi connectivity index (χ0v) is 18.0. The Labute approximate surface area is 189 Å². The van der Waals surface area contributed by atoms with Crippen LogP contribution in [-0.2, 0) is 15.2 Å². The van der Waals surface area contributed by atoms with Crippen molar-refractivity contribution in [2.45, 2.75) is 17.9 Å². The van der Waals surface area contributed by atoms with Crippen LogP contribution in [0.2, 0.25) is 0 Å². The van der Waals surface area contributed by atoms with Gasteiger partial charge in [-0.15, -0.1) is 0 Å². The van der Waals surface area contributed by atoms with Crippen LogP contribution >= 0.6 is 0 Å². The molecule has 1 aliphatic heterocycles. The van der Waals surface area contributed by atoms with Crippen molar-refractivity contribution >= 4 is 22.7 Å². The minimum atomic E-state index is -1.31. The first kappa shape index (κ1) is 21.2. The zero-order chi connectivity index (χ0) is 23.4. The Morgan fingerprint density at radius 2 is 1.79 bits per heavy atom. The number of nitrogens with zero attached hydrogens (tertiary/aromatic N) is 1. The maximum Gasteiger partial charge on any atom is 0.233 e. The number of β-amino-alcohol motifs (C(OH)–C–C–N with tert-alkyl or cyclic N) is 1. The minimum absolute atomic E-state index is 0.315. The smallest absolute Gasteiger partial charge is 0.233 e. The van der Waals surface area contributed by atoms with Crippen LogP contribution in [0, 0.1) is 5.41 Å². The summed E-state index contributed by atoms with van der Waals surface area (Å²) in [7, 11) is 1.56. The van der Waals surface area contributed by atoms with E-state index in [9.17, 15) is 14.7 Å². The largest absolute Gasteiger partial charge is 0.496 e. The lowest BCUT2D eigenvalue weighted by molar-refractivity contribution is -0.133. The number of aromatic nitrogens is 1. The number of rotatable bonds is 7. The van der Waals surface area contributed by atoms with Crippen LogP contribution in [0.25, 0.3) is 10.9 Å². The van der Waals surface area contributed by atoms with Crippen molar-refractivity contribution in [2.75, 3.05) is 20.2 Å². The summed E-state index contributed by atoms with van der Waals surface area (Å²) in [5.41, 5.74) is 10.7. The second kappa shape index (κ2) is 7.43. The van der Waals surface area contributed by atoms with Crippen LogP contribution < -0.4 is 26.3 Å². The third-order valence-electron chi connectivity index (χ3n) is 6.71. The summed E-state index contributed by atoms with van der Waals surface area (Å²) >= 11 is 0. The molecule has 0 spiro atoms. The average molecular weight is 448 g/mol. The van der Waals surface area contributed by atoms with E-state index in [4.69, 9.17) is 20.9 Å². The van der Waals surface area contributed by atoms with E-state index in [1.807, 2.05) is 6.07 Å². The Bertz CT molecular complexity index is 1260. The molecule has 2 heterocycles. The molecule has 5 rings (SSSR count). The number of primary amides is 2. The summed E-state index contributed by atoms with van der Waals surface area (Å²) in [6, 6.07) is 12.5. The lowest BCUT2D eigenvalue weighted by Crippen LogP contribution is -2.56. The number of carbonyl (C=O) groups is 2. The molecular weight excluding hydrogens is 424 g/mol. The molecule has 33 heavy (non-hydrogen) atoms. The van der Waals surface area contributed by atoms with Gasteiger partial charge in [0.2, 0.25) is 11.8 Å². The third-order valence-corrected chi connectivity index (χ3v) is 6.71. The van der Waals surface area contributed by atoms with Crippen LogP contribution in [0.3, 0.4) is 0 Å². The molecule has 0 radical (unpaired) electrons. The molecule has 2 aliphatic rings. The van der Waals surface area contributed by atoms with Gasteiger partial charge in [-0.3, -0.25) is 14.6 Å². The molecule has 9 heteroatoms. The van der Waals surface area contributed by atoms with Crippen molar-refractivity contribution in [1.82, 2.24) is 10.3 Å². The van der Waals surface area contributed by atoms with Gasteiger partial charge in [-0.2, -0.15) is 0 Å². The van der Waals surface area contributed by atoms with E-state index in [0.717, 1.165) is 10.9 Å². The van der Waals surface area contributed by atoms with E-state index in [1.54, 1.807) is 49.7 Å². The highest BCUT2D eigenvalue weighted by molar-refractivity contribution is 6.08. The number of ether oxygens (including phenoxy) is 2. The highest BCUT2D eigenvalue weighted by Gasteiger charge is 2.64. The van der Waals surface area contributed by atoms with E-state index in [-0.39, 0.29) is 5.92 Å². The van der Waals surface area contributed by atoms with Gasteiger partial charge >= 0.3 is 0 Å². The van der Waals surface area contributed by atoms with Crippen LogP contribution in [-0.4, -0.2) is 42.1 Å². The van der Waals surface area contributed by atoms with Gasteiger partial charge in [0, 0.05) is 42.2 Å². The molecule has 6 N–H and O–H groups in total. The summed E-state index contributed by atoms with van der Waals surface area (Å²) in [6.45, 7) is 0.873. The van der Waals surface area contributed by atoms with Crippen LogP contribution in [0.4, 0.5) is 0 Å². The molecule has 2 amide bonds. The van der Waals surface area contributed by atoms with Gasteiger partial charge in [-0.05, 0) is 36.2 Å². The molecule has 2 aromatic carbocycles. The van der Waals surface area contributed by atoms with Gasteiger partial charge in [0.25, 0.3) is 0 Å². The Morgan fingerprint density at radius 1 is 1.09 bits per heavy atom. The van der Waals surface area contributed by atoms with Gasteiger partial charge in [-0.1, -0.05) is 12.1 Å². The Kier molecular flexibility index (Phi) is 4.77. The predicted octanol–water partition coefficient (Wildman–Crippen LogP) is 1.27. The van der Waals surface area contributed by atoms with E-state index in [2.05, 4.69) is 10.3 Å². The fourth-order valence-corrected chi connectivity index (χ4v) is 4.55. The summed E-state index contributed by atoms with van der Waals surface area (Å²) in [4.78, 5) is 28.0. The second-order valence-electron chi connectivity index (χ2n) is 8.64. The van der Waals surface area contributed by atoms with Crippen molar-refractivity contribution in [3.05, 3.63) is 59.8 Å². The highest BCUT2D eigenvalue weighted by Crippen LogP contribution is 2.59. The quantitative estimate of drug-likeness (QED) is 0.398. The third kappa shape index (κ3) is 3.28. The molecule has 1 unspecified atom stereocenters. The Balaban J connectivity index is 1.44. The molecular formula is C24H24N4O5. The van der Waals surface area contributed by atoms with Crippen LogP contribution in [0.1, 0.15) is 23.5 Å². The molecule has 0 bridgehead atoms. The first-order valence-electron chi connectivity index (χ1n) is 10.6. The van der Waals surface area contributed by atoms with E-state index < -0.39 is 22.8 Å². The zero-order valence-electron chi connectivity index (χ0n) is 18.0. The lowest BCUT2D eigenvalue weighted by atomic mass is 9.86. The molecule has 1 aliphatic carbocycles. The topological polar surface area (TPSA) is 150 Å². The fraction of sp³-hybridized carbons (Fsp3) is 0.292. The van der Waals surface area contributed by atoms with Crippen molar-refractivity contribution in [3.8, 4) is 17.2 Å². The second-order valence-corrected chi connectivity index (χ2v) is 8.64. The summed E-state index contributed by atoms with van der Waals surface area (Å²) in [6.07, 6.45) is 1.96. The molecule has 1 saturated carbocycles. The number of pyridine rings is 1. The maximum atomic E-state index is 11.8. The van der Waals surface area contributed by atoms with E-state index in [1.165, 1.54) is 0 Å².